The number of alkyl halides is 1. The molecule has 0 unspecified atom stereocenters. The van der Waals surface area contributed by atoms with E-state index in [2.05, 4.69) is 15.3 Å². The van der Waals surface area contributed by atoms with Gasteiger partial charge in [0, 0.05) is 29.9 Å². The van der Waals surface area contributed by atoms with Crippen molar-refractivity contribution in [3.63, 3.8) is 0 Å². The Kier molecular flexibility index (Phi) is 9.10. The van der Waals surface area contributed by atoms with Gasteiger partial charge in [-0.3, -0.25) is 4.79 Å². The zero-order chi connectivity index (χ0) is 26.5. The molecule has 1 aliphatic carbocycles. The molecule has 2 saturated heterocycles. The molecule has 0 radical (unpaired) electrons. The summed E-state index contributed by atoms with van der Waals surface area (Å²) in [6, 6.07) is 8.11. The molecule has 5 rings (SSSR count). The standard InChI is InChI=1S/C27H35Cl2FN4O4/c28-19-2-4-20(5-3-19)33(15-23-16-36-12-13-38-23)21-6-8-22(9-7-21)34-26(35)25(29)24(14-32-34)31-17-27(30)10-1-11-37-18-27/h2-5,14,21-23,31H,1,6-13,15-18H2/t21?,22?,23-,27-/m0/s1. The van der Waals surface area contributed by atoms with E-state index in [1.165, 1.54) is 10.9 Å². The number of aromatic nitrogens is 2. The van der Waals surface area contributed by atoms with E-state index in [0.29, 0.717) is 50.0 Å². The van der Waals surface area contributed by atoms with Crippen LogP contribution in [-0.4, -0.2) is 73.7 Å². The summed E-state index contributed by atoms with van der Waals surface area (Å²) < 4.78 is 33.2. The van der Waals surface area contributed by atoms with E-state index in [9.17, 15) is 9.18 Å². The molecule has 1 saturated carbocycles. The molecule has 208 valence electrons. The molecular weight excluding hydrogens is 534 g/mol. The monoisotopic (exact) mass is 568 g/mol. The van der Waals surface area contributed by atoms with Gasteiger partial charge < -0.3 is 24.4 Å². The largest absolute Gasteiger partial charge is 0.379 e. The summed E-state index contributed by atoms with van der Waals surface area (Å²) in [6.07, 6.45) is 5.97. The highest BCUT2D eigenvalue weighted by Gasteiger charge is 2.34. The first-order chi connectivity index (χ1) is 18.4. The average Bonchev–Trinajstić information content (AvgIpc) is 2.94. The number of hydrogen-bond donors (Lipinski definition) is 1. The van der Waals surface area contributed by atoms with E-state index < -0.39 is 5.67 Å². The zero-order valence-corrected chi connectivity index (χ0v) is 22.9. The van der Waals surface area contributed by atoms with E-state index in [4.69, 9.17) is 37.4 Å². The Bertz CT molecular complexity index is 1120. The zero-order valence-electron chi connectivity index (χ0n) is 21.4. The fourth-order valence-corrected chi connectivity index (χ4v) is 5.94. The Hall–Kier alpha value is -1.91. The Morgan fingerprint density at radius 3 is 2.58 bits per heavy atom. The van der Waals surface area contributed by atoms with Gasteiger partial charge in [0.25, 0.3) is 5.56 Å². The van der Waals surface area contributed by atoms with E-state index >= 15 is 0 Å². The van der Waals surface area contributed by atoms with Crippen molar-refractivity contribution in [3.8, 4) is 0 Å². The van der Waals surface area contributed by atoms with Gasteiger partial charge in [0.2, 0.25) is 0 Å². The van der Waals surface area contributed by atoms with Crippen molar-refractivity contribution in [1.29, 1.82) is 0 Å². The summed E-state index contributed by atoms with van der Waals surface area (Å²) >= 11 is 12.6. The van der Waals surface area contributed by atoms with Crippen LogP contribution >= 0.6 is 23.2 Å². The van der Waals surface area contributed by atoms with Crippen LogP contribution in [0.1, 0.15) is 44.6 Å². The molecule has 2 aromatic rings. The Labute approximate surface area is 232 Å². The van der Waals surface area contributed by atoms with Crippen LogP contribution in [0.2, 0.25) is 10.0 Å². The van der Waals surface area contributed by atoms with Crippen molar-refractivity contribution in [2.24, 2.45) is 0 Å². The average molecular weight is 570 g/mol. The van der Waals surface area contributed by atoms with E-state index in [1.807, 2.05) is 24.3 Å². The Morgan fingerprint density at radius 2 is 1.89 bits per heavy atom. The maximum Gasteiger partial charge on any atom is 0.287 e. The third-order valence-corrected chi connectivity index (χ3v) is 8.33. The normalized spacial score (nSPS) is 28.1. The number of ether oxygens (including phenoxy) is 3. The molecule has 11 heteroatoms. The van der Waals surface area contributed by atoms with Gasteiger partial charge in [-0.25, -0.2) is 9.07 Å². The number of hydrogen-bond acceptors (Lipinski definition) is 7. The molecule has 2 atom stereocenters. The number of benzene rings is 1. The quantitative estimate of drug-likeness (QED) is 0.486. The Morgan fingerprint density at radius 1 is 1.11 bits per heavy atom. The third-order valence-electron chi connectivity index (χ3n) is 7.71. The van der Waals surface area contributed by atoms with Gasteiger partial charge in [0.05, 0.1) is 57.0 Å². The number of nitrogens with zero attached hydrogens (tertiary/aromatic N) is 3. The maximum atomic E-state index is 14.9. The van der Waals surface area contributed by atoms with Crippen LogP contribution < -0.4 is 15.8 Å². The van der Waals surface area contributed by atoms with Crippen LogP contribution in [0.3, 0.4) is 0 Å². The van der Waals surface area contributed by atoms with E-state index in [-0.39, 0.29) is 41.9 Å². The minimum atomic E-state index is -1.47. The predicted molar refractivity (Wildman–Crippen MR) is 147 cm³/mol. The molecule has 0 spiro atoms. The van der Waals surface area contributed by atoms with Gasteiger partial charge in [0.15, 0.2) is 5.67 Å². The highest BCUT2D eigenvalue weighted by molar-refractivity contribution is 6.33. The second kappa shape index (κ2) is 12.5. The third kappa shape index (κ3) is 6.62. The molecule has 0 amide bonds. The SMILES string of the molecule is O=c1c(Cl)c(NC[C@@]2(F)CCCOC2)cnn1C1CCC(N(C[C@H]2COCCO2)c2ccc(Cl)cc2)CC1. The van der Waals surface area contributed by atoms with E-state index in [0.717, 1.165) is 37.9 Å². The van der Waals surface area contributed by atoms with Crippen LogP contribution in [0.5, 0.6) is 0 Å². The fraction of sp³-hybridized carbons (Fsp3) is 0.630. The topological polar surface area (TPSA) is 77.9 Å². The molecule has 1 aromatic carbocycles. The lowest BCUT2D eigenvalue weighted by Gasteiger charge is -2.40. The molecule has 0 bridgehead atoms. The number of rotatable bonds is 8. The molecule has 2 aliphatic heterocycles. The van der Waals surface area contributed by atoms with Crippen molar-refractivity contribution in [3.05, 3.63) is 50.9 Å². The van der Waals surface area contributed by atoms with Crippen molar-refractivity contribution in [2.75, 3.05) is 56.3 Å². The highest BCUT2D eigenvalue weighted by Crippen LogP contribution is 2.34. The second-order valence-corrected chi connectivity index (χ2v) is 11.3. The molecular formula is C27H35Cl2FN4O4. The van der Waals surface area contributed by atoms with Crippen LogP contribution in [0.25, 0.3) is 0 Å². The molecule has 8 nitrogen and oxygen atoms in total. The highest BCUT2D eigenvalue weighted by atomic mass is 35.5. The molecule has 38 heavy (non-hydrogen) atoms. The van der Waals surface area contributed by atoms with Gasteiger partial charge in [-0.2, -0.15) is 5.10 Å². The lowest BCUT2D eigenvalue weighted by Crippen LogP contribution is -2.46. The van der Waals surface area contributed by atoms with Gasteiger partial charge in [-0.15, -0.1) is 0 Å². The molecule has 1 N–H and O–H groups in total. The molecule has 3 heterocycles. The Balaban J connectivity index is 1.24. The van der Waals surface area contributed by atoms with Crippen LogP contribution in [0, 0.1) is 0 Å². The maximum absolute atomic E-state index is 14.9. The van der Waals surface area contributed by atoms with Crippen LogP contribution in [-0.2, 0) is 14.2 Å². The van der Waals surface area contributed by atoms with Crippen LogP contribution in [0.4, 0.5) is 15.8 Å². The second-order valence-electron chi connectivity index (χ2n) is 10.4. The minimum absolute atomic E-state index is 0.00363. The number of halogens is 3. The van der Waals surface area contributed by atoms with Gasteiger partial charge >= 0.3 is 0 Å². The summed E-state index contributed by atoms with van der Waals surface area (Å²) in [5.74, 6) is 0. The molecule has 1 aromatic heterocycles. The summed E-state index contributed by atoms with van der Waals surface area (Å²) in [5.41, 5.74) is -0.377. The summed E-state index contributed by atoms with van der Waals surface area (Å²) in [5, 5.41) is 8.13. The lowest BCUT2D eigenvalue weighted by molar-refractivity contribution is -0.0847. The van der Waals surface area contributed by atoms with Crippen molar-refractivity contribution in [2.45, 2.75) is 62.4 Å². The summed E-state index contributed by atoms with van der Waals surface area (Å²) in [4.78, 5) is 15.5. The lowest BCUT2D eigenvalue weighted by atomic mass is 9.89. The van der Waals surface area contributed by atoms with Crippen molar-refractivity contribution in [1.82, 2.24) is 9.78 Å². The first kappa shape index (κ1) is 27.6. The fourth-order valence-electron chi connectivity index (χ4n) is 5.61. The first-order valence-electron chi connectivity index (χ1n) is 13.4. The van der Waals surface area contributed by atoms with E-state index in [1.54, 1.807) is 0 Å². The van der Waals surface area contributed by atoms with Crippen molar-refractivity contribution < 1.29 is 18.6 Å². The number of nitrogens with one attached hydrogen (secondary N) is 1. The van der Waals surface area contributed by atoms with Gasteiger partial charge in [-0.1, -0.05) is 23.2 Å². The predicted octanol–water partition coefficient (Wildman–Crippen LogP) is 4.89. The molecule has 3 fully saturated rings. The smallest absolute Gasteiger partial charge is 0.287 e. The van der Waals surface area contributed by atoms with Crippen LogP contribution in [0.15, 0.2) is 35.3 Å². The van der Waals surface area contributed by atoms with Crippen molar-refractivity contribution >= 4 is 34.6 Å². The summed E-state index contributed by atoms with van der Waals surface area (Å²) in [7, 11) is 0. The minimum Gasteiger partial charge on any atom is -0.379 e. The van der Waals surface area contributed by atoms with Gasteiger partial charge in [-0.05, 0) is 62.8 Å². The van der Waals surface area contributed by atoms with Gasteiger partial charge in [0.1, 0.15) is 5.02 Å². The first-order valence-corrected chi connectivity index (χ1v) is 14.2. The molecule has 3 aliphatic rings. The summed E-state index contributed by atoms with van der Waals surface area (Å²) in [6.45, 7) is 3.18. The number of anilines is 2.